The van der Waals surface area contributed by atoms with Crippen molar-refractivity contribution in [1.29, 1.82) is 0 Å². The monoisotopic (exact) mass is 267 g/mol. The molecule has 0 fully saturated rings. The maximum Gasteiger partial charge on any atom is 0.303 e. The first kappa shape index (κ1) is 16.3. The average Bonchev–Trinajstić information content (AvgIpc) is 2.23. The van der Waals surface area contributed by atoms with Crippen LogP contribution in [0.2, 0.25) is 0 Å². The molecule has 0 amide bonds. The highest BCUT2D eigenvalue weighted by Crippen LogP contribution is 2.04. The van der Waals surface area contributed by atoms with Gasteiger partial charge in [-0.2, -0.15) is 4.31 Å². The van der Waals surface area contributed by atoms with Crippen LogP contribution in [0.3, 0.4) is 0 Å². The number of aliphatic carboxylic acids is 1. The smallest absolute Gasteiger partial charge is 0.303 e. The Kier molecular flexibility index (Phi) is 8.11. The fraction of sp³-hybridized carbons (Fsp3) is 0.900. The van der Waals surface area contributed by atoms with Gasteiger partial charge in [-0.1, -0.05) is 6.92 Å². The van der Waals surface area contributed by atoms with E-state index in [1.54, 1.807) is 6.92 Å². The number of nitrogens with zero attached hydrogens (tertiary/aromatic N) is 1. The summed E-state index contributed by atoms with van der Waals surface area (Å²) in [7, 11) is -3.36. The summed E-state index contributed by atoms with van der Waals surface area (Å²) in [4.78, 5) is 10.3. The van der Waals surface area contributed by atoms with E-state index in [1.807, 2.05) is 6.92 Å². The zero-order valence-corrected chi connectivity index (χ0v) is 11.2. The van der Waals surface area contributed by atoms with Gasteiger partial charge in [0, 0.05) is 26.1 Å². The first-order chi connectivity index (χ1) is 7.94. The Balaban J connectivity index is 4.17. The summed E-state index contributed by atoms with van der Waals surface area (Å²) in [6.45, 7) is 5.21. The van der Waals surface area contributed by atoms with Gasteiger partial charge in [-0.3, -0.25) is 4.79 Å². The predicted molar refractivity (Wildman–Crippen MR) is 64.4 cm³/mol. The molecule has 0 saturated carbocycles. The van der Waals surface area contributed by atoms with Crippen LogP contribution in [-0.2, 0) is 19.6 Å². The number of likely N-dealkylation sites (N-methyl/N-ethyl adjacent to an activating group) is 1. The van der Waals surface area contributed by atoms with E-state index < -0.39 is 16.0 Å². The zero-order valence-electron chi connectivity index (χ0n) is 10.4. The van der Waals surface area contributed by atoms with E-state index in [0.29, 0.717) is 26.3 Å². The minimum atomic E-state index is -3.36. The van der Waals surface area contributed by atoms with E-state index in [2.05, 4.69) is 0 Å². The van der Waals surface area contributed by atoms with E-state index in [9.17, 15) is 13.2 Å². The van der Waals surface area contributed by atoms with Crippen LogP contribution in [0.5, 0.6) is 0 Å². The Morgan fingerprint density at radius 1 is 1.35 bits per heavy atom. The number of hydrogen-bond acceptors (Lipinski definition) is 4. The molecule has 1 N–H and O–H groups in total. The standard InChI is InChI=1S/C10H21NO5S/c1-3-11(7-8-16-4-2)17(14,15)9-5-6-10(12)13/h3-9H2,1-2H3,(H,12,13). The van der Waals surface area contributed by atoms with Gasteiger partial charge in [0.25, 0.3) is 0 Å². The van der Waals surface area contributed by atoms with Gasteiger partial charge in [-0.15, -0.1) is 0 Å². The van der Waals surface area contributed by atoms with Gasteiger partial charge < -0.3 is 9.84 Å². The SMILES string of the molecule is CCOCCN(CC)S(=O)(=O)CCCC(=O)O. The summed E-state index contributed by atoms with van der Waals surface area (Å²) < 4.78 is 30.1. The first-order valence-electron chi connectivity index (χ1n) is 5.71. The molecule has 6 nitrogen and oxygen atoms in total. The highest BCUT2D eigenvalue weighted by molar-refractivity contribution is 7.89. The molecular weight excluding hydrogens is 246 g/mol. The highest BCUT2D eigenvalue weighted by Gasteiger charge is 2.19. The second-order valence-electron chi connectivity index (χ2n) is 3.50. The van der Waals surface area contributed by atoms with Crippen LogP contribution < -0.4 is 0 Å². The lowest BCUT2D eigenvalue weighted by molar-refractivity contribution is -0.137. The second-order valence-corrected chi connectivity index (χ2v) is 5.59. The molecule has 0 saturated heterocycles. The van der Waals surface area contributed by atoms with Gasteiger partial charge in [0.2, 0.25) is 10.0 Å². The van der Waals surface area contributed by atoms with Crippen molar-refractivity contribution in [2.75, 3.05) is 32.1 Å². The van der Waals surface area contributed by atoms with Crippen LogP contribution in [-0.4, -0.2) is 55.9 Å². The van der Waals surface area contributed by atoms with Gasteiger partial charge >= 0.3 is 5.97 Å². The molecule has 0 aliphatic carbocycles. The molecule has 0 atom stereocenters. The molecule has 0 rings (SSSR count). The second kappa shape index (κ2) is 8.43. The van der Waals surface area contributed by atoms with Crippen molar-refractivity contribution in [2.45, 2.75) is 26.7 Å². The summed E-state index contributed by atoms with van der Waals surface area (Å²) in [6, 6.07) is 0. The molecular formula is C10H21NO5S. The van der Waals surface area contributed by atoms with Crippen molar-refractivity contribution in [3.8, 4) is 0 Å². The summed E-state index contributed by atoms with van der Waals surface area (Å²) >= 11 is 0. The molecule has 0 aromatic rings. The zero-order chi connectivity index (χ0) is 13.3. The Bertz CT molecular complexity index is 315. The molecule has 0 aliphatic rings. The third-order valence-corrected chi connectivity index (χ3v) is 4.26. The van der Waals surface area contributed by atoms with E-state index in [-0.39, 0.29) is 18.6 Å². The van der Waals surface area contributed by atoms with E-state index >= 15 is 0 Å². The fourth-order valence-corrected chi connectivity index (χ4v) is 2.85. The topological polar surface area (TPSA) is 83.9 Å². The average molecular weight is 267 g/mol. The molecule has 0 bridgehead atoms. The molecule has 0 radical (unpaired) electrons. The Morgan fingerprint density at radius 3 is 2.47 bits per heavy atom. The Labute approximate surface area is 103 Å². The van der Waals surface area contributed by atoms with E-state index in [0.717, 1.165) is 0 Å². The first-order valence-corrected chi connectivity index (χ1v) is 7.32. The molecule has 0 aromatic heterocycles. The maximum atomic E-state index is 11.8. The van der Waals surface area contributed by atoms with Crippen molar-refractivity contribution >= 4 is 16.0 Å². The maximum absolute atomic E-state index is 11.8. The molecule has 102 valence electrons. The number of hydrogen-bond donors (Lipinski definition) is 1. The van der Waals surface area contributed by atoms with Crippen LogP contribution in [0, 0.1) is 0 Å². The Morgan fingerprint density at radius 2 is 2.00 bits per heavy atom. The predicted octanol–water partition coefficient (Wildman–Crippen LogP) is 0.539. The molecule has 0 unspecified atom stereocenters. The molecule has 17 heavy (non-hydrogen) atoms. The van der Waals surface area contributed by atoms with Crippen molar-refractivity contribution in [1.82, 2.24) is 4.31 Å². The number of ether oxygens (including phenoxy) is 1. The van der Waals surface area contributed by atoms with Crippen LogP contribution in [0.15, 0.2) is 0 Å². The number of sulfonamides is 1. The van der Waals surface area contributed by atoms with Crippen molar-refractivity contribution < 1.29 is 23.1 Å². The summed E-state index contributed by atoms with van der Waals surface area (Å²) in [5.74, 6) is -1.10. The Hall–Kier alpha value is -0.660. The lowest BCUT2D eigenvalue weighted by Crippen LogP contribution is -2.35. The number of rotatable bonds is 10. The summed E-state index contributed by atoms with van der Waals surface area (Å²) in [5.41, 5.74) is 0. The lowest BCUT2D eigenvalue weighted by Gasteiger charge is -2.20. The highest BCUT2D eigenvalue weighted by atomic mass is 32.2. The van der Waals surface area contributed by atoms with Crippen LogP contribution in [0.25, 0.3) is 0 Å². The largest absolute Gasteiger partial charge is 0.481 e. The van der Waals surface area contributed by atoms with Crippen LogP contribution >= 0.6 is 0 Å². The van der Waals surface area contributed by atoms with E-state index in [4.69, 9.17) is 9.84 Å². The molecule has 0 spiro atoms. The van der Waals surface area contributed by atoms with Gasteiger partial charge in [-0.25, -0.2) is 8.42 Å². The third kappa shape index (κ3) is 7.30. The quantitative estimate of drug-likeness (QED) is 0.584. The molecule has 0 aliphatic heterocycles. The lowest BCUT2D eigenvalue weighted by atomic mass is 10.3. The van der Waals surface area contributed by atoms with Crippen LogP contribution in [0.4, 0.5) is 0 Å². The van der Waals surface area contributed by atoms with Gasteiger partial charge in [0.1, 0.15) is 0 Å². The fourth-order valence-electron chi connectivity index (χ4n) is 1.34. The minimum Gasteiger partial charge on any atom is -0.481 e. The minimum absolute atomic E-state index is 0.123. The molecule has 7 heteroatoms. The summed E-state index contributed by atoms with van der Waals surface area (Å²) in [6.07, 6.45) is 0.0189. The van der Waals surface area contributed by atoms with Crippen molar-refractivity contribution in [3.63, 3.8) is 0 Å². The summed E-state index contributed by atoms with van der Waals surface area (Å²) in [5, 5.41) is 8.45. The number of carbonyl (C=O) groups is 1. The van der Waals surface area contributed by atoms with Gasteiger partial charge in [0.05, 0.1) is 12.4 Å². The normalized spacial score (nSPS) is 11.9. The molecule has 0 heterocycles. The third-order valence-electron chi connectivity index (χ3n) is 2.23. The van der Waals surface area contributed by atoms with Gasteiger partial charge in [-0.05, 0) is 13.3 Å². The van der Waals surface area contributed by atoms with Crippen molar-refractivity contribution in [2.24, 2.45) is 0 Å². The number of carboxylic acids is 1. The number of carboxylic acid groups (broad SMARTS) is 1. The van der Waals surface area contributed by atoms with E-state index in [1.165, 1.54) is 4.31 Å². The molecule has 0 aromatic carbocycles. The van der Waals surface area contributed by atoms with Gasteiger partial charge in [0.15, 0.2) is 0 Å². The van der Waals surface area contributed by atoms with Crippen molar-refractivity contribution in [3.05, 3.63) is 0 Å². The van der Waals surface area contributed by atoms with Crippen LogP contribution in [0.1, 0.15) is 26.7 Å².